The van der Waals surface area contributed by atoms with Gasteiger partial charge in [0.05, 0.1) is 23.5 Å². The van der Waals surface area contributed by atoms with Crippen LogP contribution in [0.15, 0.2) is 76.0 Å². The Labute approximate surface area is 395 Å². The number of urea groups is 2. The molecule has 9 rings (SSSR count). The molecule has 0 radical (unpaired) electrons. The number of oxazole rings is 2. The Bertz CT molecular complexity index is 2910. The van der Waals surface area contributed by atoms with E-state index < -0.39 is 41.6 Å². The third-order valence-electron chi connectivity index (χ3n) is 11.3. The maximum Gasteiger partial charge on any atom is 0.452 e. The van der Waals surface area contributed by atoms with Crippen LogP contribution >= 0.6 is 22.7 Å². The number of hydroxylamine groups is 1. The highest BCUT2D eigenvalue weighted by atomic mass is 32.1. The van der Waals surface area contributed by atoms with Crippen molar-refractivity contribution in [3.05, 3.63) is 111 Å². The molecule has 7 aromatic rings. The van der Waals surface area contributed by atoms with Gasteiger partial charge < -0.3 is 28.8 Å². The maximum atomic E-state index is 14.6. The van der Waals surface area contributed by atoms with E-state index in [2.05, 4.69) is 45.8 Å². The van der Waals surface area contributed by atoms with Crippen LogP contribution in [0.1, 0.15) is 87.4 Å². The van der Waals surface area contributed by atoms with Gasteiger partial charge >= 0.3 is 24.2 Å². The number of anilines is 6. The second-order valence-electron chi connectivity index (χ2n) is 16.4. The summed E-state index contributed by atoms with van der Waals surface area (Å²) in [7, 11) is 0. The number of alkyl halides is 3. The van der Waals surface area contributed by atoms with Crippen LogP contribution in [0, 0.1) is 13.8 Å². The summed E-state index contributed by atoms with van der Waals surface area (Å²) in [5.74, 6) is -3.28. The lowest BCUT2D eigenvalue weighted by Crippen LogP contribution is -2.39. The Morgan fingerprint density at radius 2 is 1.41 bits per heavy atom. The van der Waals surface area contributed by atoms with Gasteiger partial charge in [0.15, 0.2) is 27.4 Å². The molecule has 4 amide bonds. The zero-order chi connectivity index (χ0) is 47.4. The van der Waals surface area contributed by atoms with E-state index in [-0.39, 0.29) is 35.2 Å². The zero-order valence-corrected chi connectivity index (χ0v) is 38.7. The van der Waals surface area contributed by atoms with Crippen LogP contribution in [0.2, 0.25) is 0 Å². The second kappa shape index (κ2) is 20.0. The SMILES string of the molecule is Cc1ccc(NC(=O)Nc2ncc(CCc3nc(C(=O)ON(C(=O)Nc4ncc(Cc5nc6ncccc6o5)s4)c4ccc(C)cc4N4CCCCC4)c(C(F)(F)F)o3)s2)c(N2CCCCC2)c1. The normalized spacial score (nSPS) is 14.2. The minimum Gasteiger partial charge on any atom is -0.439 e. The molecule has 3 N–H and O–H groups in total. The van der Waals surface area contributed by atoms with Gasteiger partial charge in [-0.2, -0.15) is 18.2 Å². The molecule has 0 aliphatic carbocycles. The first-order chi connectivity index (χ1) is 32.8. The molecule has 7 heterocycles. The maximum absolute atomic E-state index is 14.6. The molecule has 5 aromatic heterocycles. The molecule has 0 spiro atoms. The molecular formula is C46H46F3N11O6S2. The summed E-state index contributed by atoms with van der Waals surface area (Å²) >= 11 is 2.23. The minimum atomic E-state index is -5.15. The summed E-state index contributed by atoms with van der Waals surface area (Å²) in [6.07, 6.45) is 5.70. The van der Waals surface area contributed by atoms with E-state index in [0.29, 0.717) is 56.4 Å². The predicted octanol–water partition coefficient (Wildman–Crippen LogP) is 10.6. The number of halogens is 3. The number of nitrogens with one attached hydrogen (secondary N) is 3. The Hall–Kier alpha value is -7.07. The van der Waals surface area contributed by atoms with E-state index in [9.17, 15) is 27.6 Å². The number of carbonyl (C=O) groups is 3. The van der Waals surface area contributed by atoms with Crippen molar-refractivity contribution >= 4 is 84.9 Å². The fourth-order valence-electron chi connectivity index (χ4n) is 8.05. The molecule has 2 aliphatic rings. The molecule has 2 aromatic carbocycles. The smallest absolute Gasteiger partial charge is 0.439 e. The van der Waals surface area contributed by atoms with Crippen LogP contribution in [-0.4, -0.2) is 69.1 Å². The average molecular weight is 970 g/mol. The molecule has 354 valence electrons. The molecule has 17 nitrogen and oxygen atoms in total. The van der Waals surface area contributed by atoms with E-state index in [1.165, 1.54) is 18.8 Å². The summed E-state index contributed by atoms with van der Waals surface area (Å²) in [4.78, 5) is 73.6. The van der Waals surface area contributed by atoms with E-state index in [4.69, 9.17) is 13.7 Å². The number of piperidine rings is 2. The van der Waals surface area contributed by atoms with Gasteiger partial charge in [-0.05, 0) is 106 Å². The first-order valence-corrected chi connectivity index (χ1v) is 23.8. The summed E-state index contributed by atoms with van der Waals surface area (Å²) in [6, 6.07) is 12.9. The van der Waals surface area contributed by atoms with Gasteiger partial charge in [-0.25, -0.2) is 34.3 Å². The monoisotopic (exact) mass is 969 g/mol. The van der Waals surface area contributed by atoms with Crippen molar-refractivity contribution in [1.29, 1.82) is 0 Å². The Morgan fingerprint density at radius 1 is 0.750 bits per heavy atom. The predicted molar refractivity (Wildman–Crippen MR) is 252 cm³/mol. The van der Waals surface area contributed by atoms with Crippen LogP contribution < -0.4 is 30.8 Å². The van der Waals surface area contributed by atoms with Gasteiger partial charge in [-0.3, -0.25) is 10.6 Å². The van der Waals surface area contributed by atoms with Crippen LogP contribution in [0.4, 0.5) is 55.8 Å². The number of nitrogens with zero attached hydrogens (tertiary/aromatic N) is 8. The van der Waals surface area contributed by atoms with Crippen LogP contribution in [-0.2, 0) is 30.3 Å². The fraction of sp³-hybridized carbons (Fsp3) is 0.348. The molecule has 2 aliphatic heterocycles. The van der Waals surface area contributed by atoms with E-state index in [1.807, 2.05) is 43.0 Å². The molecule has 0 bridgehead atoms. The van der Waals surface area contributed by atoms with Crippen LogP contribution in [0.3, 0.4) is 0 Å². The second-order valence-corrected chi connectivity index (χ2v) is 18.7. The third-order valence-corrected chi connectivity index (χ3v) is 13.2. The first kappa shape index (κ1) is 46.1. The Morgan fingerprint density at radius 3 is 2.13 bits per heavy atom. The van der Waals surface area contributed by atoms with Crippen molar-refractivity contribution in [2.45, 2.75) is 77.8 Å². The van der Waals surface area contributed by atoms with Gasteiger partial charge in [0.1, 0.15) is 5.69 Å². The summed E-state index contributed by atoms with van der Waals surface area (Å²) in [6.45, 7) is 6.94. The number of amides is 4. The van der Waals surface area contributed by atoms with Gasteiger partial charge in [-0.1, -0.05) is 12.1 Å². The number of aromatic nitrogens is 5. The molecule has 68 heavy (non-hydrogen) atoms. The van der Waals surface area contributed by atoms with E-state index >= 15 is 0 Å². The van der Waals surface area contributed by atoms with Crippen molar-refractivity contribution in [2.75, 3.05) is 57.0 Å². The Balaban J connectivity index is 0.908. The zero-order valence-electron chi connectivity index (χ0n) is 37.0. The Kier molecular flexibility index (Phi) is 13.6. The van der Waals surface area contributed by atoms with Gasteiger partial charge in [0.2, 0.25) is 17.3 Å². The van der Waals surface area contributed by atoms with Gasteiger partial charge in [-0.15, -0.1) is 27.7 Å². The lowest BCUT2D eigenvalue weighted by molar-refractivity contribution is -0.154. The van der Waals surface area contributed by atoms with Crippen molar-refractivity contribution < 1.29 is 41.2 Å². The lowest BCUT2D eigenvalue weighted by atomic mass is 10.1. The molecular weight excluding hydrogens is 924 g/mol. The van der Waals surface area contributed by atoms with Crippen LogP contribution in [0.5, 0.6) is 0 Å². The van der Waals surface area contributed by atoms with Crippen molar-refractivity contribution in [3.8, 4) is 0 Å². The first-order valence-electron chi connectivity index (χ1n) is 22.1. The summed E-state index contributed by atoms with van der Waals surface area (Å²) < 4.78 is 54.7. The van der Waals surface area contributed by atoms with Crippen molar-refractivity contribution in [1.82, 2.24) is 24.9 Å². The summed E-state index contributed by atoms with van der Waals surface area (Å²) in [5.41, 5.74) is 3.97. The van der Waals surface area contributed by atoms with Gasteiger partial charge in [0, 0.05) is 60.9 Å². The number of benzene rings is 2. The number of fused-ring (bicyclic) bond motifs is 1. The molecule has 0 unspecified atom stereocenters. The number of aryl methyl sites for hydroxylation is 4. The number of hydrogen-bond acceptors (Lipinski definition) is 15. The van der Waals surface area contributed by atoms with E-state index in [0.717, 1.165) is 84.7 Å². The highest BCUT2D eigenvalue weighted by Crippen LogP contribution is 2.37. The standard InChI is InChI=1S/C46H46F3N11O6S2/c1-27-11-14-31(33(22-27)58-18-5-3-6-19-58)53-42(62)56-43-51-25-29(67-43)13-16-36-54-38(39(65-36)46(47,48)49)41(61)66-60(32-15-12-28(2)23-34(32)59-20-7-4-8-21-59)45(63)57-44-52-26-30(68-44)24-37-55-40-35(64-37)10-9-17-50-40/h9-12,14-15,17,22-23,25-26H,3-8,13,16,18-21,24H2,1-2H3,(H,52,57,63)(H2,51,53,56,62). The topological polar surface area (TPSA) is 197 Å². The van der Waals surface area contributed by atoms with Gasteiger partial charge in [0.25, 0.3) is 0 Å². The number of rotatable bonds is 12. The summed E-state index contributed by atoms with van der Waals surface area (Å²) in [5, 5.41) is 9.31. The molecule has 22 heteroatoms. The van der Waals surface area contributed by atoms with E-state index in [1.54, 1.807) is 30.5 Å². The molecule has 0 atom stereocenters. The van der Waals surface area contributed by atoms with Crippen LogP contribution in [0.25, 0.3) is 11.2 Å². The number of pyridine rings is 1. The van der Waals surface area contributed by atoms with Crippen molar-refractivity contribution in [3.63, 3.8) is 0 Å². The quantitative estimate of drug-likeness (QED) is 0.0979. The molecule has 0 saturated carbocycles. The molecule has 2 saturated heterocycles. The fourth-order valence-corrected chi connectivity index (χ4v) is 9.65. The average Bonchev–Trinajstić information content (AvgIpc) is 4.16. The largest absolute Gasteiger partial charge is 0.452 e. The lowest BCUT2D eigenvalue weighted by Gasteiger charge is -2.33. The highest BCUT2D eigenvalue weighted by molar-refractivity contribution is 7.16. The third kappa shape index (κ3) is 10.9. The molecule has 2 fully saturated rings. The number of carbonyl (C=O) groups excluding carboxylic acids is 3. The number of hydrogen-bond donors (Lipinski definition) is 3. The highest BCUT2D eigenvalue weighted by Gasteiger charge is 2.43. The van der Waals surface area contributed by atoms with Crippen molar-refractivity contribution in [2.24, 2.45) is 0 Å². The minimum absolute atomic E-state index is 0.112. The number of thiazole rings is 2.